The molecule has 0 aliphatic rings. The van der Waals surface area contributed by atoms with Gasteiger partial charge < -0.3 is 15.8 Å². The molecule has 0 spiro atoms. The monoisotopic (exact) mass is 360 g/mol. The van der Waals surface area contributed by atoms with Crippen LogP contribution in [-0.4, -0.2) is 24.1 Å². The van der Waals surface area contributed by atoms with Crippen molar-refractivity contribution in [2.75, 3.05) is 6.54 Å². The Morgan fingerprint density at radius 2 is 2.10 bits per heavy atom. The van der Waals surface area contributed by atoms with Crippen molar-refractivity contribution in [3.8, 4) is 5.75 Å². The quantitative estimate of drug-likeness (QED) is 0.785. The average Bonchev–Trinajstić information content (AvgIpc) is 2.47. The first-order valence-electron chi connectivity index (χ1n) is 7.01. The van der Waals surface area contributed by atoms with Crippen molar-refractivity contribution in [2.45, 2.75) is 45.3 Å². The van der Waals surface area contributed by atoms with E-state index in [0.717, 1.165) is 12.8 Å². The van der Waals surface area contributed by atoms with Crippen molar-refractivity contribution in [2.24, 2.45) is 5.73 Å². The predicted octanol–water partition coefficient (Wildman–Crippen LogP) is 2.99. The molecule has 0 heterocycles. The lowest BCUT2D eigenvalue weighted by atomic mass is 9.92. The van der Waals surface area contributed by atoms with Gasteiger partial charge in [-0.15, -0.1) is 0 Å². The number of rotatable bonds is 7. The Labute approximate surface area is 133 Å². The number of hydrogen-bond donors (Lipinski definition) is 2. The lowest BCUT2D eigenvalue weighted by molar-refractivity contribution is -0.129. The molecular formula is C15H22BrFN2O2. The fourth-order valence-electron chi connectivity index (χ4n) is 1.94. The molecule has 1 unspecified atom stereocenters. The molecule has 0 aromatic heterocycles. The number of carbonyl (C=O) groups excluding carboxylic acids is 1. The van der Waals surface area contributed by atoms with Gasteiger partial charge in [0, 0.05) is 6.54 Å². The van der Waals surface area contributed by atoms with Crippen molar-refractivity contribution in [3.05, 3.63) is 28.5 Å². The number of nitrogens with one attached hydrogen (secondary N) is 1. The minimum absolute atomic E-state index is 0.236. The fraction of sp³-hybridized carbons (Fsp3) is 0.533. The molecule has 0 saturated heterocycles. The summed E-state index contributed by atoms with van der Waals surface area (Å²) in [6, 6.07) is 4.06. The molecule has 21 heavy (non-hydrogen) atoms. The van der Waals surface area contributed by atoms with E-state index >= 15 is 0 Å². The smallest absolute Gasteiger partial charge is 0.261 e. The number of ether oxygens (including phenoxy) is 1. The van der Waals surface area contributed by atoms with Gasteiger partial charge >= 0.3 is 0 Å². The summed E-state index contributed by atoms with van der Waals surface area (Å²) in [5.74, 6) is -0.184. The molecule has 1 rings (SSSR count). The first-order chi connectivity index (χ1) is 9.87. The van der Waals surface area contributed by atoms with Crippen molar-refractivity contribution < 1.29 is 13.9 Å². The van der Waals surface area contributed by atoms with E-state index in [1.807, 2.05) is 13.8 Å². The van der Waals surface area contributed by atoms with Gasteiger partial charge in [0.1, 0.15) is 11.6 Å². The van der Waals surface area contributed by atoms with Crippen LogP contribution in [0.4, 0.5) is 4.39 Å². The standard InChI is InChI=1S/C15H22BrFN2O2/c1-4-15(5-2,9-18)19-14(20)10(3)21-13-7-6-11(17)8-12(13)16/h6-8,10H,4-5,9,18H2,1-3H3,(H,19,20). The second-order valence-electron chi connectivity index (χ2n) is 5.02. The number of halogens is 2. The van der Waals surface area contributed by atoms with E-state index < -0.39 is 11.6 Å². The van der Waals surface area contributed by atoms with Gasteiger partial charge in [0.15, 0.2) is 6.10 Å². The minimum atomic E-state index is -0.698. The van der Waals surface area contributed by atoms with Crippen LogP contribution in [0, 0.1) is 5.82 Å². The van der Waals surface area contributed by atoms with Gasteiger partial charge in [-0.3, -0.25) is 4.79 Å². The zero-order chi connectivity index (χ0) is 16.0. The van der Waals surface area contributed by atoms with Crippen LogP contribution in [0.5, 0.6) is 5.75 Å². The van der Waals surface area contributed by atoms with E-state index in [0.29, 0.717) is 16.8 Å². The highest BCUT2D eigenvalue weighted by Gasteiger charge is 2.29. The third-order valence-electron chi connectivity index (χ3n) is 3.70. The van der Waals surface area contributed by atoms with E-state index in [-0.39, 0.29) is 11.7 Å². The highest BCUT2D eigenvalue weighted by molar-refractivity contribution is 9.10. The number of benzene rings is 1. The molecule has 3 N–H and O–H groups in total. The highest BCUT2D eigenvalue weighted by atomic mass is 79.9. The van der Waals surface area contributed by atoms with Crippen LogP contribution in [0.25, 0.3) is 0 Å². The van der Waals surface area contributed by atoms with E-state index in [2.05, 4.69) is 21.2 Å². The normalized spacial score (nSPS) is 12.9. The lowest BCUT2D eigenvalue weighted by Gasteiger charge is -2.32. The Balaban J connectivity index is 2.74. The summed E-state index contributed by atoms with van der Waals surface area (Å²) in [6.07, 6.45) is 0.799. The van der Waals surface area contributed by atoms with E-state index in [9.17, 15) is 9.18 Å². The maximum atomic E-state index is 13.0. The van der Waals surface area contributed by atoms with E-state index in [4.69, 9.17) is 10.5 Å². The van der Waals surface area contributed by atoms with Gasteiger partial charge in [0.2, 0.25) is 0 Å². The second-order valence-corrected chi connectivity index (χ2v) is 5.87. The Kier molecular flexibility index (Phi) is 6.61. The maximum absolute atomic E-state index is 13.0. The van der Waals surface area contributed by atoms with Gasteiger partial charge in [-0.2, -0.15) is 0 Å². The van der Waals surface area contributed by atoms with Gasteiger partial charge in [-0.1, -0.05) is 13.8 Å². The Morgan fingerprint density at radius 1 is 1.48 bits per heavy atom. The van der Waals surface area contributed by atoms with Crippen molar-refractivity contribution in [1.82, 2.24) is 5.32 Å². The summed E-state index contributed by atoms with van der Waals surface area (Å²) < 4.78 is 19.1. The van der Waals surface area contributed by atoms with Gasteiger partial charge in [0.25, 0.3) is 5.91 Å². The molecule has 0 saturated carbocycles. The zero-order valence-corrected chi connectivity index (χ0v) is 14.2. The van der Waals surface area contributed by atoms with Crippen LogP contribution in [0.15, 0.2) is 22.7 Å². The molecule has 118 valence electrons. The molecular weight excluding hydrogens is 339 g/mol. The van der Waals surface area contributed by atoms with Crippen molar-refractivity contribution >= 4 is 21.8 Å². The highest BCUT2D eigenvalue weighted by Crippen LogP contribution is 2.26. The zero-order valence-electron chi connectivity index (χ0n) is 12.6. The van der Waals surface area contributed by atoms with Crippen LogP contribution >= 0.6 is 15.9 Å². The summed E-state index contributed by atoms with van der Waals surface area (Å²) in [5, 5.41) is 2.95. The van der Waals surface area contributed by atoms with Crippen molar-refractivity contribution in [3.63, 3.8) is 0 Å². The number of hydrogen-bond acceptors (Lipinski definition) is 3. The molecule has 0 bridgehead atoms. The molecule has 0 aliphatic carbocycles. The Bertz CT molecular complexity index is 484. The first kappa shape index (κ1) is 17.9. The predicted molar refractivity (Wildman–Crippen MR) is 84.7 cm³/mol. The molecule has 1 aromatic carbocycles. The van der Waals surface area contributed by atoms with Gasteiger partial charge in [-0.25, -0.2) is 4.39 Å². The van der Waals surface area contributed by atoms with Crippen LogP contribution in [-0.2, 0) is 4.79 Å². The summed E-state index contributed by atoms with van der Waals surface area (Å²) in [6.45, 7) is 5.99. The largest absolute Gasteiger partial charge is 0.480 e. The van der Waals surface area contributed by atoms with E-state index in [1.165, 1.54) is 18.2 Å². The molecule has 0 aliphatic heterocycles. The number of nitrogens with two attached hydrogens (primary N) is 1. The van der Waals surface area contributed by atoms with E-state index in [1.54, 1.807) is 6.92 Å². The Hall–Kier alpha value is -1.14. The molecule has 0 fully saturated rings. The maximum Gasteiger partial charge on any atom is 0.261 e. The molecule has 0 radical (unpaired) electrons. The molecule has 4 nitrogen and oxygen atoms in total. The Morgan fingerprint density at radius 3 is 2.57 bits per heavy atom. The SMILES string of the molecule is CCC(CC)(CN)NC(=O)C(C)Oc1ccc(F)cc1Br. The molecule has 6 heteroatoms. The molecule has 1 aromatic rings. The van der Waals surface area contributed by atoms with Crippen LogP contribution in [0.2, 0.25) is 0 Å². The molecule has 1 atom stereocenters. The third kappa shape index (κ3) is 4.68. The summed E-state index contributed by atoms with van der Waals surface area (Å²) in [4.78, 5) is 12.2. The second kappa shape index (κ2) is 7.75. The van der Waals surface area contributed by atoms with Crippen molar-refractivity contribution in [1.29, 1.82) is 0 Å². The average molecular weight is 361 g/mol. The van der Waals surface area contributed by atoms with Gasteiger partial charge in [-0.05, 0) is 53.9 Å². The summed E-state index contributed by atoms with van der Waals surface area (Å²) in [5.41, 5.74) is 5.36. The minimum Gasteiger partial charge on any atom is -0.480 e. The topological polar surface area (TPSA) is 64.3 Å². The fourth-order valence-corrected chi connectivity index (χ4v) is 2.39. The third-order valence-corrected chi connectivity index (χ3v) is 4.32. The molecule has 1 amide bonds. The van der Waals surface area contributed by atoms with Crippen LogP contribution in [0.3, 0.4) is 0 Å². The van der Waals surface area contributed by atoms with Crippen LogP contribution in [0.1, 0.15) is 33.6 Å². The summed E-state index contributed by atoms with van der Waals surface area (Å²) in [7, 11) is 0. The van der Waals surface area contributed by atoms with Gasteiger partial charge in [0.05, 0.1) is 10.0 Å². The first-order valence-corrected chi connectivity index (χ1v) is 7.80. The summed E-state index contributed by atoms with van der Waals surface area (Å²) >= 11 is 3.21. The number of amides is 1. The van der Waals surface area contributed by atoms with Crippen LogP contribution < -0.4 is 15.8 Å². The lowest BCUT2D eigenvalue weighted by Crippen LogP contribution is -2.55. The number of carbonyl (C=O) groups is 1.